The Morgan fingerprint density at radius 2 is 1.96 bits per heavy atom. The summed E-state index contributed by atoms with van der Waals surface area (Å²) >= 11 is 0. The van der Waals surface area contributed by atoms with Crippen LogP contribution >= 0.6 is 0 Å². The van der Waals surface area contributed by atoms with E-state index in [1.807, 2.05) is 26.0 Å². The van der Waals surface area contributed by atoms with Crippen LogP contribution in [0.15, 0.2) is 42.5 Å². The molecule has 1 heterocycles. The van der Waals surface area contributed by atoms with Crippen molar-refractivity contribution in [2.75, 3.05) is 6.54 Å². The average molecular weight is 310 g/mol. The van der Waals surface area contributed by atoms with E-state index in [0.29, 0.717) is 24.1 Å². The number of amides is 1. The number of rotatable bonds is 4. The lowest BCUT2D eigenvalue weighted by atomic mass is 10.1. The number of halogens is 1. The fourth-order valence-electron chi connectivity index (χ4n) is 2.72. The molecule has 3 aromatic rings. The van der Waals surface area contributed by atoms with Gasteiger partial charge in [-0.2, -0.15) is 0 Å². The number of hydrogen-bond donors (Lipinski definition) is 2. The Hall–Kier alpha value is -2.62. The van der Waals surface area contributed by atoms with Gasteiger partial charge in [-0.1, -0.05) is 18.2 Å². The fraction of sp³-hybridized carbons (Fsp3) is 0.211. The van der Waals surface area contributed by atoms with Crippen LogP contribution in [0.4, 0.5) is 4.39 Å². The zero-order valence-corrected chi connectivity index (χ0v) is 13.2. The first-order valence-electron chi connectivity index (χ1n) is 7.67. The van der Waals surface area contributed by atoms with E-state index in [2.05, 4.69) is 10.3 Å². The molecule has 23 heavy (non-hydrogen) atoms. The molecule has 118 valence electrons. The Balaban J connectivity index is 1.69. The molecular formula is C19H19FN2O. The predicted octanol–water partition coefficient (Wildman–Crippen LogP) is 3.90. The van der Waals surface area contributed by atoms with Gasteiger partial charge >= 0.3 is 0 Å². The van der Waals surface area contributed by atoms with Crippen LogP contribution in [-0.2, 0) is 6.42 Å². The third-order valence-corrected chi connectivity index (χ3v) is 4.21. The van der Waals surface area contributed by atoms with Crippen LogP contribution in [0, 0.1) is 19.7 Å². The maximum atomic E-state index is 13.5. The van der Waals surface area contributed by atoms with Crippen molar-refractivity contribution in [3.63, 3.8) is 0 Å². The Bertz CT molecular complexity index is 867. The molecule has 2 N–H and O–H groups in total. The minimum atomic E-state index is -0.235. The van der Waals surface area contributed by atoms with Gasteiger partial charge in [0, 0.05) is 28.7 Å². The van der Waals surface area contributed by atoms with Gasteiger partial charge in [-0.25, -0.2) is 4.39 Å². The normalized spacial score (nSPS) is 10.9. The van der Waals surface area contributed by atoms with Crippen LogP contribution in [0.5, 0.6) is 0 Å². The number of benzene rings is 2. The van der Waals surface area contributed by atoms with Crippen molar-refractivity contribution in [3.05, 3.63) is 70.7 Å². The molecule has 0 aliphatic rings. The van der Waals surface area contributed by atoms with E-state index in [1.165, 1.54) is 6.07 Å². The molecule has 0 aliphatic carbocycles. The minimum Gasteiger partial charge on any atom is -0.358 e. The van der Waals surface area contributed by atoms with E-state index in [1.54, 1.807) is 24.3 Å². The molecule has 0 bridgehead atoms. The summed E-state index contributed by atoms with van der Waals surface area (Å²) in [7, 11) is 0. The fourth-order valence-corrected chi connectivity index (χ4v) is 2.72. The molecule has 4 heteroatoms. The maximum absolute atomic E-state index is 13.5. The highest BCUT2D eigenvalue weighted by molar-refractivity contribution is 5.99. The lowest BCUT2D eigenvalue weighted by molar-refractivity contribution is 0.0954. The van der Waals surface area contributed by atoms with Crippen LogP contribution in [0.2, 0.25) is 0 Å². The van der Waals surface area contributed by atoms with Gasteiger partial charge in [-0.05, 0) is 55.7 Å². The third kappa shape index (κ3) is 3.11. The SMILES string of the molecule is Cc1[nH]c2ccc(C(=O)NCCc3ccccc3F)cc2c1C. The number of fused-ring (bicyclic) bond motifs is 1. The van der Waals surface area contributed by atoms with Gasteiger partial charge in [0.1, 0.15) is 5.82 Å². The highest BCUT2D eigenvalue weighted by Crippen LogP contribution is 2.22. The van der Waals surface area contributed by atoms with Crippen molar-refractivity contribution < 1.29 is 9.18 Å². The molecule has 2 aromatic carbocycles. The largest absolute Gasteiger partial charge is 0.358 e. The van der Waals surface area contributed by atoms with Crippen LogP contribution in [0.25, 0.3) is 10.9 Å². The second kappa shape index (κ2) is 6.24. The van der Waals surface area contributed by atoms with Crippen molar-refractivity contribution in [2.45, 2.75) is 20.3 Å². The smallest absolute Gasteiger partial charge is 0.251 e. The van der Waals surface area contributed by atoms with Crippen LogP contribution in [-0.4, -0.2) is 17.4 Å². The summed E-state index contributed by atoms with van der Waals surface area (Å²) in [6.45, 7) is 4.46. The first-order valence-corrected chi connectivity index (χ1v) is 7.67. The van der Waals surface area contributed by atoms with Crippen molar-refractivity contribution >= 4 is 16.8 Å². The molecule has 1 aromatic heterocycles. The topological polar surface area (TPSA) is 44.9 Å². The number of aromatic amines is 1. The molecule has 0 radical (unpaired) electrons. The molecule has 0 spiro atoms. The van der Waals surface area contributed by atoms with Gasteiger partial charge in [0.25, 0.3) is 5.91 Å². The third-order valence-electron chi connectivity index (χ3n) is 4.21. The summed E-state index contributed by atoms with van der Waals surface area (Å²) in [4.78, 5) is 15.6. The summed E-state index contributed by atoms with van der Waals surface area (Å²) in [6.07, 6.45) is 0.475. The molecule has 0 unspecified atom stereocenters. The zero-order chi connectivity index (χ0) is 16.4. The number of carbonyl (C=O) groups is 1. The molecule has 1 amide bonds. The summed E-state index contributed by atoms with van der Waals surface area (Å²) in [5.41, 5.74) is 4.52. The van der Waals surface area contributed by atoms with E-state index in [4.69, 9.17) is 0 Å². The molecule has 3 nitrogen and oxygen atoms in total. The summed E-state index contributed by atoms with van der Waals surface area (Å²) in [5, 5.41) is 3.91. The van der Waals surface area contributed by atoms with Crippen molar-refractivity contribution in [3.8, 4) is 0 Å². The van der Waals surface area contributed by atoms with Gasteiger partial charge in [-0.15, -0.1) is 0 Å². The summed E-state index contributed by atoms with van der Waals surface area (Å²) in [5.74, 6) is -0.372. The molecular weight excluding hydrogens is 291 g/mol. The standard InChI is InChI=1S/C19H19FN2O/c1-12-13(2)22-18-8-7-15(11-16(12)18)19(23)21-10-9-14-5-3-4-6-17(14)20/h3-8,11,22H,9-10H2,1-2H3,(H,21,23). The van der Waals surface area contributed by atoms with Crippen molar-refractivity contribution in [1.82, 2.24) is 10.3 Å². The van der Waals surface area contributed by atoms with Gasteiger partial charge in [-0.3, -0.25) is 4.79 Å². The Morgan fingerprint density at radius 3 is 2.74 bits per heavy atom. The highest BCUT2D eigenvalue weighted by Gasteiger charge is 2.10. The lowest BCUT2D eigenvalue weighted by Gasteiger charge is -2.06. The second-order valence-corrected chi connectivity index (χ2v) is 5.73. The number of aromatic nitrogens is 1. The molecule has 0 aliphatic heterocycles. The van der Waals surface area contributed by atoms with Crippen LogP contribution < -0.4 is 5.32 Å². The molecule has 0 saturated heterocycles. The monoisotopic (exact) mass is 310 g/mol. The lowest BCUT2D eigenvalue weighted by Crippen LogP contribution is -2.25. The zero-order valence-electron chi connectivity index (χ0n) is 13.2. The quantitative estimate of drug-likeness (QED) is 0.754. The van der Waals surface area contributed by atoms with Crippen LogP contribution in [0.1, 0.15) is 27.2 Å². The van der Waals surface area contributed by atoms with Crippen molar-refractivity contribution in [2.24, 2.45) is 0 Å². The number of aryl methyl sites for hydroxylation is 2. The first kappa shape index (κ1) is 15.3. The van der Waals surface area contributed by atoms with Crippen molar-refractivity contribution in [1.29, 1.82) is 0 Å². The van der Waals surface area contributed by atoms with Gasteiger partial charge in [0.15, 0.2) is 0 Å². The van der Waals surface area contributed by atoms with Gasteiger partial charge in [0.2, 0.25) is 0 Å². The molecule has 0 atom stereocenters. The molecule has 0 fully saturated rings. The van der Waals surface area contributed by atoms with Gasteiger partial charge < -0.3 is 10.3 Å². The van der Waals surface area contributed by atoms with Gasteiger partial charge in [0.05, 0.1) is 0 Å². The van der Waals surface area contributed by atoms with Crippen LogP contribution in [0.3, 0.4) is 0 Å². The van der Waals surface area contributed by atoms with E-state index in [9.17, 15) is 9.18 Å². The number of H-pyrrole nitrogens is 1. The van der Waals surface area contributed by atoms with E-state index in [-0.39, 0.29) is 11.7 Å². The van der Waals surface area contributed by atoms with E-state index in [0.717, 1.165) is 22.2 Å². The number of hydrogen-bond acceptors (Lipinski definition) is 1. The number of nitrogens with one attached hydrogen (secondary N) is 2. The van der Waals surface area contributed by atoms with E-state index < -0.39 is 0 Å². The Labute approximate surface area is 134 Å². The maximum Gasteiger partial charge on any atom is 0.251 e. The first-order chi connectivity index (χ1) is 11.1. The molecule has 3 rings (SSSR count). The molecule has 0 saturated carbocycles. The second-order valence-electron chi connectivity index (χ2n) is 5.73. The summed E-state index contributed by atoms with van der Waals surface area (Å²) in [6, 6.07) is 12.2. The highest BCUT2D eigenvalue weighted by atomic mass is 19.1. The number of carbonyl (C=O) groups excluding carboxylic acids is 1. The minimum absolute atomic E-state index is 0.138. The summed E-state index contributed by atoms with van der Waals surface area (Å²) < 4.78 is 13.5. The Morgan fingerprint density at radius 1 is 1.17 bits per heavy atom. The Kier molecular flexibility index (Phi) is 4.15. The average Bonchev–Trinajstić information content (AvgIpc) is 2.83. The van der Waals surface area contributed by atoms with E-state index >= 15 is 0 Å². The predicted molar refractivity (Wildman–Crippen MR) is 90.2 cm³/mol.